The molecule has 0 bridgehead atoms. The summed E-state index contributed by atoms with van der Waals surface area (Å²) in [6, 6.07) is 10.6. The number of halogens is 5. The van der Waals surface area contributed by atoms with E-state index in [-0.39, 0.29) is 0 Å². The van der Waals surface area contributed by atoms with Gasteiger partial charge in [-0.15, -0.1) is 0 Å². The van der Waals surface area contributed by atoms with Crippen LogP contribution in [-0.4, -0.2) is 23.0 Å². The lowest BCUT2D eigenvalue weighted by molar-refractivity contribution is -0.324. The molecule has 23 heavy (non-hydrogen) atoms. The maximum Gasteiger partial charge on any atom is 0.428 e. The fourth-order valence-corrected chi connectivity index (χ4v) is 2.14. The largest absolute Gasteiger partial charge is 0.428 e. The first kappa shape index (κ1) is 17.1. The number of carbonyl (C=O) groups excluding carboxylic acids is 1. The van der Waals surface area contributed by atoms with Crippen molar-refractivity contribution in [3.8, 4) is 0 Å². The van der Waals surface area contributed by atoms with Gasteiger partial charge in [0.2, 0.25) is 5.78 Å². The molecule has 0 aliphatic heterocycles. The molecule has 1 unspecified atom stereocenters. The molecule has 0 spiro atoms. The third kappa shape index (κ3) is 2.72. The quantitative estimate of drug-likeness (QED) is 0.681. The van der Waals surface area contributed by atoms with Gasteiger partial charge in [0.15, 0.2) is 0 Å². The molecule has 0 saturated heterocycles. The van der Waals surface area contributed by atoms with Crippen molar-refractivity contribution >= 4 is 5.78 Å². The predicted molar refractivity (Wildman–Crippen MR) is 72.1 cm³/mol. The van der Waals surface area contributed by atoms with Crippen LogP contribution >= 0.6 is 0 Å². The van der Waals surface area contributed by atoms with Gasteiger partial charge in [-0.05, 0) is 5.56 Å². The Kier molecular flexibility index (Phi) is 4.26. The Morgan fingerprint density at radius 3 is 1.65 bits per heavy atom. The van der Waals surface area contributed by atoms with Crippen LogP contribution in [0.3, 0.4) is 0 Å². The lowest BCUT2D eigenvalue weighted by Crippen LogP contribution is -2.59. The van der Waals surface area contributed by atoms with Crippen LogP contribution in [0.1, 0.15) is 15.9 Å². The van der Waals surface area contributed by atoms with Crippen molar-refractivity contribution < 1.29 is 31.9 Å². The average molecular weight is 330 g/mol. The summed E-state index contributed by atoms with van der Waals surface area (Å²) in [5.74, 6) is -7.21. The first-order valence-corrected chi connectivity index (χ1v) is 6.44. The zero-order valence-electron chi connectivity index (χ0n) is 11.5. The van der Waals surface area contributed by atoms with Crippen LogP contribution in [0, 0.1) is 0 Å². The molecule has 0 heterocycles. The van der Waals surface area contributed by atoms with E-state index in [4.69, 9.17) is 0 Å². The van der Waals surface area contributed by atoms with E-state index in [1.807, 2.05) is 0 Å². The molecule has 122 valence electrons. The minimum absolute atomic E-state index is 0.629. The summed E-state index contributed by atoms with van der Waals surface area (Å²) in [7, 11) is 0. The van der Waals surface area contributed by atoms with E-state index in [2.05, 4.69) is 0 Å². The fraction of sp³-hybridized carbons (Fsp3) is 0.188. The number of hydrogen-bond acceptors (Lipinski definition) is 2. The number of aliphatic hydroxyl groups is 1. The predicted octanol–water partition coefficient (Wildman–Crippen LogP) is 3.95. The van der Waals surface area contributed by atoms with Crippen molar-refractivity contribution in [2.45, 2.75) is 17.7 Å². The Labute approximate surface area is 128 Å². The highest BCUT2D eigenvalue weighted by molar-refractivity contribution is 6.02. The number of ketones is 1. The van der Waals surface area contributed by atoms with Gasteiger partial charge in [-0.25, -0.2) is 0 Å². The normalized spacial score (nSPS) is 15.0. The van der Waals surface area contributed by atoms with Gasteiger partial charge in [0, 0.05) is 5.56 Å². The summed E-state index contributed by atoms with van der Waals surface area (Å²) in [6.07, 6.45) is -5.76. The van der Waals surface area contributed by atoms with Crippen molar-refractivity contribution in [2.75, 3.05) is 0 Å². The van der Waals surface area contributed by atoms with Gasteiger partial charge < -0.3 is 5.11 Å². The van der Waals surface area contributed by atoms with Crippen LogP contribution < -0.4 is 0 Å². The van der Waals surface area contributed by atoms with Gasteiger partial charge in [0.25, 0.3) is 5.60 Å². The molecule has 7 heteroatoms. The van der Waals surface area contributed by atoms with Crippen molar-refractivity contribution in [1.82, 2.24) is 0 Å². The van der Waals surface area contributed by atoms with E-state index >= 15 is 0 Å². The number of Topliss-reactive ketones (excluding diaryl/α,β-unsaturated/α-hetero) is 1. The minimum Gasteiger partial charge on any atom is -0.371 e. The molecule has 1 atom stereocenters. The Morgan fingerprint density at radius 1 is 0.783 bits per heavy atom. The van der Waals surface area contributed by atoms with Crippen LogP contribution in [0.2, 0.25) is 0 Å². The molecule has 0 aliphatic rings. The van der Waals surface area contributed by atoms with Crippen molar-refractivity contribution in [3.63, 3.8) is 0 Å². The molecule has 0 amide bonds. The zero-order valence-corrected chi connectivity index (χ0v) is 11.5. The van der Waals surface area contributed by atoms with E-state index < -0.39 is 34.6 Å². The number of benzene rings is 2. The average Bonchev–Trinajstić information content (AvgIpc) is 2.53. The molecule has 1 N–H and O–H groups in total. The first-order valence-electron chi connectivity index (χ1n) is 6.44. The molecule has 2 aromatic carbocycles. The Balaban J connectivity index is 2.62. The number of carbonyl (C=O) groups is 1. The van der Waals surface area contributed by atoms with E-state index in [0.29, 0.717) is 12.1 Å². The van der Waals surface area contributed by atoms with Gasteiger partial charge in [0.1, 0.15) is 0 Å². The van der Waals surface area contributed by atoms with E-state index in [1.54, 1.807) is 0 Å². The summed E-state index contributed by atoms with van der Waals surface area (Å²) in [5, 5.41) is 9.88. The van der Waals surface area contributed by atoms with E-state index in [9.17, 15) is 31.9 Å². The summed E-state index contributed by atoms with van der Waals surface area (Å²) in [4.78, 5) is 11.9. The van der Waals surface area contributed by atoms with E-state index in [1.165, 1.54) is 24.3 Å². The zero-order chi connectivity index (χ0) is 17.3. The highest BCUT2D eigenvalue weighted by atomic mass is 19.4. The standard InChI is InChI=1S/C16H11F5O2/c17-15(18,13(22)11-7-3-1-4-8-11)14(23,16(19,20)21)12-9-5-2-6-10-12/h1-10,23H. The third-order valence-electron chi connectivity index (χ3n) is 3.38. The maximum absolute atomic E-state index is 14.4. The Hall–Kier alpha value is -2.28. The van der Waals surface area contributed by atoms with Gasteiger partial charge in [-0.2, -0.15) is 22.0 Å². The lowest BCUT2D eigenvalue weighted by Gasteiger charge is -2.36. The second-order valence-corrected chi connectivity index (χ2v) is 4.84. The lowest BCUT2D eigenvalue weighted by atomic mass is 9.82. The van der Waals surface area contributed by atoms with Crippen LogP contribution in [0.25, 0.3) is 0 Å². The van der Waals surface area contributed by atoms with Gasteiger partial charge in [0.05, 0.1) is 0 Å². The van der Waals surface area contributed by atoms with Crippen LogP contribution in [0.4, 0.5) is 22.0 Å². The molecule has 0 aliphatic carbocycles. The molecule has 0 saturated carbocycles. The number of alkyl halides is 5. The maximum atomic E-state index is 14.4. The topological polar surface area (TPSA) is 37.3 Å². The minimum atomic E-state index is -5.76. The molecule has 2 nitrogen and oxygen atoms in total. The SMILES string of the molecule is O=C(c1ccccc1)C(F)(F)C(O)(c1ccccc1)C(F)(F)F. The number of rotatable bonds is 4. The second-order valence-electron chi connectivity index (χ2n) is 4.84. The van der Waals surface area contributed by atoms with E-state index in [0.717, 1.165) is 24.3 Å². The fourth-order valence-electron chi connectivity index (χ4n) is 2.14. The van der Waals surface area contributed by atoms with Crippen LogP contribution in [-0.2, 0) is 5.60 Å². The number of hydrogen-bond donors (Lipinski definition) is 1. The summed E-state index contributed by atoms with van der Waals surface area (Å²) in [5.41, 5.74) is -6.37. The molecule has 2 rings (SSSR count). The highest BCUT2D eigenvalue weighted by Crippen LogP contribution is 2.50. The summed E-state index contributed by atoms with van der Waals surface area (Å²) < 4.78 is 68.7. The molecule has 2 aromatic rings. The molecular weight excluding hydrogens is 319 g/mol. The summed E-state index contributed by atoms with van der Waals surface area (Å²) >= 11 is 0. The smallest absolute Gasteiger partial charge is 0.371 e. The Bertz CT molecular complexity index is 683. The van der Waals surface area contributed by atoms with Crippen LogP contribution in [0.5, 0.6) is 0 Å². The molecular formula is C16H11F5O2. The third-order valence-corrected chi connectivity index (χ3v) is 3.38. The monoisotopic (exact) mass is 330 g/mol. The molecule has 0 radical (unpaired) electrons. The van der Waals surface area contributed by atoms with Gasteiger partial charge in [-0.1, -0.05) is 60.7 Å². The van der Waals surface area contributed by atoms with Gasteiger partial charge in [-0.3, -0.25) is 4.79 Å². The van der Waals surface area contributed by atoms with Crippen molar-refractivity contribution in [1.29, 1.82) is 0 Å². The highest BCUT2D eigenvalue weighted by Gasteiger charge is 2.73. The van der Waals surface area contributed by atoms with Crippen molar-refractivity contribution in [3.05, 3.63) is 71.8 Å². The second kappa shape index (κ2) is 5.73. The Morgan fingerprint density at radius 2 is 1.22 bits per heavy atom. The van der Waals surface area contributed by atoms with Crippen molar-refractivity contribution in [2.24, 2.45) is 0 Å². The van der Waals surface area contributed by atoms with Gasteiger partial charge >= 0.3 is 12.1 Å². The van der Waals surface area contributed by atoms with Crippen LogP contribution in [0.15, 0.2) is 60.7 Å². The molecule has 0 aromatic heterocycles. The first-order chi connectivity index (χ1) is 10.6. The summed E-state index contributed by atoms with van der Waals surface area (Å²) in [6.45, 7) is 0. The molecule has 0 fully saturated rings.